The number of hydrogen-bond acceptors (Lipinski definition) is 5. The number of imide groups is 1. The number of carbonyl (C=O) groups is 2. The minimum atomic E-state index is -0.451. The smallest absolute Gasteiger partial charge is 0.293 e. The molecule has 0 radical (unpaired) electrons. The summed E-state index contributed by atoms with van der Waals surface area (Å²) in [7, 11) is 1.43. The minimum Gasteiger partial charge on any atom is -0.504 e. The first kappa shape index (κ1) is 18.6. The largest absolute Gasteiger partial charge is 0.504 e. The third-order valence-electron chi connectivity index (χ3n) is 3.75. The van der Waals surface area contributed by atoms with Crippen LogP contribution in [-0.4, -0.2) is 28.3 Å². The Hall–Kier alpha value is -2.15. The number of amides is 2. The van der Waals surface area contributed by atoms with Crippen molar-refractivity contribution in [3.63, 3.8) is 0 Å². The number of nitrogens with zero attached hydrogens (tertiary/aromatic N) is 1. The summed E-state index contributed by atoms with van der Waals surface area (Å²) in [6.45, 7) is 0.0438. The van der Waals surface area contributed by atoms with Crippen molar-refractivity contribution in [2.45, 2.75) is 6.54 Å². The zero-order chi connectivity index (χ0) is 18.8. The van der Waals surface area contributed by atoms with Gasteiger partial charge < -0.3 is 9.84 Å². The number of hydrogen-bond donors (Lipinski definition) is 1. The molecule has 2 aromatic rings. The van der Waals surface area contributed by atoms with E-state index in [2.05, 4.69) is 0 Å². The molecule has 0 spiro atoms. The van der Waals surface area contributed by atoms with Crippen molar-refractivity contribution >= 4 is 52.2 Å². The Morgan fingerprint density at radius 3 is 2.69 bits per heavy atom. The van der Waals surface area contributed by atoms with Crippen LogP contribution in [0.1, 0.15) is 11.1 Å². The zero-order valence-corrected chi connectivity index (χ0v) is 15.9. The van der Waals surface area contributed by atoms with Gasteiger partial charge in [0.05, 0.1) is 18.6 Å². The number of rotatable bonds is 4. The third-order valence-corrected chi connectivity index (χ3v) is 5.25. The average molecular weight is 410 g/mol. The van der Waals surface area contributed by atoms with Gasteiger partial charge in [-0.1, -0.05) is 41.4 Å². The molecule has 1 saturated heterocycles. The number of ether oxygens (including phenoxy) is 1. The molecular formula is C18H13Cl2NO4S. The van der Waals surface area contributed by atoms with Gasteiger partial charge in [0.1, 0.15) is 0 Å². The Morgan fingerprint density at radius 2 is 2.00 bits per heavy atom. The molecule has 2 amide bonds. The van der Waals surface area contributed by atoms with Crippen molar-refractivity contribution in [3.05, 3.63) is 62.5 Å². The van der Waals surface area contributed by atoms with E-state index >= 15 is 0 Å². The van der Waals surface area contributed by atoms with Crippen molar-refractivity contribution in [1.29, 1.82) is 0 Å². The lowest BCUT2D eigenvalue weighted by Crippen LogP contribution is -2.27. The Labute approximate surface area is 164 Å². The first-order valence-electron chi connectivity index (χ1n) is 7.46. The SMILES string of the molecule is COc1cccc(/C=C2\SC(=O)N(Cc3ccc(Cl)cc3Cl)C2=O)c1O. The lowest BCUT2D eigenvalue weighted by molar-refractivity contribution is -0.123. The predicted molar refractivity (Wildman–Crippen MR) is 103 cm³/mol. The standard InChI is InChI=1S/C18H13Cl2NO4S/c1-25-14-4-2-3-10(16(14)22)7-15-17(23)21(18(24)26-15)9-11-5-6-12(19)8-13(11)20/h2-8,22H,9H2,1H3/b15-7-. The van der Waals surface area contributed by atoms with Gasteiger partial charge in [-0.25, -0.2) is 0 Å². The number of phenols is 1. The van der Waals surface area contributed by atoms with Crippen LogP contribution in [0.25, 0.3) is 6.08 Å². The number of para-hydroxylation sites is 1. The molecule has 0 unspecified atom stereocenters. The molecule has 1 N–H and O–H groups in total. The molecular weight excluding hydrogens is 397 g/mol. The van der Waals surface area contributed by atoms with Crippen LogP contribution in [0.2, 0.25) is 10.0 Å². The van der Waals surface area contributed by atoms with Gasteiger partial charge in [-0.2, -0.15) is 0 Å². The summed E-state index contributed by atoms with van der Waals surface area (Å²) in [5.74, 6) is -0.262. The molecule has 8 heteroatoms. The molecule has 0 atom stereocenters. The van der Waals surface area contributed by atoms with E-state index in [0.717, 1.165) is 16.7 Å². The second-order valence-electron chi connectivity index (χ2n) is 5.40. The molecule has 1 aliphatic rings. The quantitative estimate of drug-likeness (QED) is 0.723. The van der Waals surface area contributed by atoms with E-state index in [1.807, 2.05) is 0 Å². The van der Waals surface area contributed by atoms with Crippen LogP contribution in [-0.2, 0) is 11.3 Å². The lowest BCUT2D eigenvalue weighted by Gasteiger charge is -2.13. The predicted octanol–water partition coefficient (Wildman–Crippen LogP) is 4.94. The molecule has 1 fully saturated rings. The van der Waals surface area contributed by atoms with Gasteiger partial charge in [0, 0.05) is 15.6 Å². The van der Waals surface area contributed by atoms with Gasteiger partial charge in [-0.3, -0.25) is 14.5 Å². The van der Waals surface area contributed by atoms with Gasteiger partial charge in [-0.05, 0) is 41.6 Å². The van der Waals surface area contributed by atoms with E-state index in [1.54, 1.807) is 36.4 Å². The summed E-state index contributed by atoms with van der Waals surface area (Å²) in [5.41, 5.74) is 1.00. The van der Waals surface area contributed by atoms with Crippen LogP contribution in [0.5, 0.6) is 11.5 Å². The summed E-state index contributed by atoms with van der Waals surface area (Å²) >= 11 is 12.8. The highest BCUT2D eigenvalue weighted by atomic mass is 35.5. The fraction of sp³-hybridized carbons (Fsp3) is 0.111. The maximum Gasteiger partial charge on any atom is 0.293 e. The van der Waals surface area contributed by atoms with E-state index in [0.29, 0.717) is 21.2 Å². The first-order valence-corrected chi connectivity index (χ1v) is 9.03. The number of methoxy groups -OCH3 is 1. The van der Waals surface area contributed by atoms with Crippen molar-refractivity contribution in [2.24, 2.45) is 0 Å². The van der Waals surface area contributed by atoms with Crippen molar-refractivity contribution < 1.29 is 19.4 Å². The molecule has 0 saturated carbocycles. The third kappa shape index (κ3) is 3.67. The zero-order valence-electron chi connectivity index (χ0n) is 13.5. The molecule has 0 aliphatic carbocycles. The Kier molecular flexibility index (Phi) is 5.46. The molecule has 2 aromatic carbocycles. The minimum absolute atomic E-state index is 0.0438. The number of halogens is 2. The lowest BCUT2D eigenvalue weighted by atomic mass is 10.1. The van der Waals surface area contributed by atoms with E-state index in [9.17, 15) is 14.7 Å². The molecule has 3 rings (SSSR count). The van der Waals surface area contributed by atoms with Crippen molar-refractivity contribution in [2.75, 3.05) is 7.11 Å². The monoisotopic (exact) mass is 409 g/mol. The second-order valence-corrected chi connectivity index (χ2v) is 7.24. The van der Waals surface area contributed by atoms with Crippen LogP contribution in [0.15, 0.2) is 41.3 Å². The molecule has 1 aliphatic heterocycles. The molecule has 0 aromatic heterocycles. The van der Waals surface area contributed by atoms with E-state index in [-0.39, 0.29) is 22.9 Å². The summed E-state index contributed by atoms with van der Waals surface area (Å²) in [6, 6.07) is 9.78. The second kappa shape index (κ2) is 7.61. The van der Waals surface area contributed by atoms with Gasteiger partial charge >= 0.3 is 0 Å². The Morgan fingerprint density at radius 1 is 1.23 bits per heavy atom. The topological polar surface area (TPSA) is 66.8 Å². The highest BCUT2D eigenvalue weighted by molar-refractivity contribution is 8.18. The molecule has 26 heavy (non-hydrogen) atoms. The fourth-order valence-corrected chi connectivity index (χ4v) is 3.72. The Balaban J connectivity index is 1.87. The number of benzene rings is 2. The van der Waals surface area contributed by atoms with Crippen molar-refractivity contribution in [3.8, 4) is 11.5 Å². The summed E-state index contributed by atoms with van der Waals surface area (Å²) in [5, 5.41) is 10.6. The fourth-order valence-electron chi connectivity index (χ4n) is 2.42. The maximum atomic E-state index is 12.6. The number of carbonyl (C=O) groups excluding carboxylic acids is 2. The van der Waals surface area contributed by atoms with E-state index in [4.69, 9.17) is 27.9 Å². The number of thioether (sulfide) groups is 1. The van der Waals surface area contributed by atoms with Crippen molar-refractivity contribution in [1.82, 2.24) is 4.90 Å². The summed E-state index contributed by atoms with van der Waals surface area (Å²) in [4.78, 5) is 26.2. The van der Waals surface area contributed by atoms with Gasteiger partial charge in [0.2, 0.25) is 0 Å². The molecule has 0 bridgehead atoms. The summed E-state index contributed by atoms with van der Waals surface area (Å²) < 4.78 is 5.05. The van der Waals surface area contributed by atoms with E-state index < -0.39 is 11.1 Å². The molecule has 134 valence electrons. The number of aromatic hydroxyl groups is 1. The normalized spacial score (nSPS) is 15.8. The van der Waals surface area contributed by atoms with Crippen LogP contribution >= 0.6 is 35.0 Å². The average Bonchev–Trinajstić information content (AvgIpc) is 2.86. The molecule has 5 nitrogen and oxygen atoms in total. The van der Waals surface area contributed by atoms with Crippen LogP contribution in [0.3, 0.4) is 0 Å². The Bertz CT molecular complexity index is 929. The maximum absolute atomic E-state index is 12.6. The highest BCUT2D eigenvalue weighted by Gasteiger charge is 2.35. The van der Waals surface area contributed by atoms with Crippen LogP contribution < -0.4 is 4.74 Å². The summed E-state index contributed by atoms with van der Waals surface area (Å²) in [6.07, 6.45) is 1.46. The van der Waals surface area contributed by atoms with Crippen LogP contribution in [0.4, 0.5) is 4.79 Å². The van der Waals surface area contributed by atoms with Gasteiger partial charge in [-0.15, -0.1) is 0 Å². The number of phenolic OH excluding ortho intramolecular Hbond substituents is 1. The van der Waals surface area contributed by atoms with Gasteiger partial charge in [0.15, 0.2) is 11.5 Å². The van der Waals surface area contributed by atoms with E-state index in [1.165, 1.54) is 13.2 Å². The highest BCUT2D eigenvalue weighted by Crippen LogP contribution is 2.37. The first-order chi connectivity index (χ1) is 12.4. The van der Waals surface area contributed by atoms with Gasteiger partial charge in [0.25, 0.3) is 11.1 Å². The molecule has 1 heterocycles. The van der Waals surface area contributed by atoms with Crippen LogP contribution in [0, 0.1) is 0 Å².